The first-order valence-electron chi connectivity index (χ1n) is 7.81. The second-order valence-corrected chi connectivity index (χ2v) is 6.37. The van der Waals surface area contributed by atoms with Gasteiger partial charge in [0.2, 0.25) is 0 Å². The molecular formula is C18H29NO2. The van der Waals surface area contributed by atoms with Crippen LogP contribution in [0.25, 0.3) is 0 Å². The van der Waals surface area contributed by atoms with E-state index in [1.165, 1.54) is 12.7 Å². The Morgan fingerprint density at radius 1 is 1.14 bits per heavy atom. The fourth-order valence-corrected chi connectivity index (χ4v) is 2.58. The van der Waals surface area contributed by atoms with Gasteiger partial charge in [-0.25, -0.2) is 0 Å². The van der Waals surface area contributed by atoms with Gasteiger partial charge >= 0.3 is 5.97 Å². The van der Waals surface area contributed by atoms with Gasteiger partial charge in [0, 0.05) is 6.54 Å². The van der Waals surface area contributed by atoms with Crippen LogP contribution in [0.1, 0.15) is 45.6 Å². The zero-order valence-electron chi connectivity index (χ0n) is 13.9. The summed E-state index contributed by atoms with van der Waals surface area (Å²) in [6.07, 6.45) is 0.798. The molecule has 0 aromatic heterocycles. The van der Waals surface area contributed by atoms with Crippen molar-refractivity contribution in [3.05, 3.63) is 35.9 Å². The van der Waals surface area contributed by atoms with Gasteiger partial charge in [-0.05, 0) is 29.7 Å². The highest BCUT2D eigenvalue weighted by molar-refractivity contribution is 5.75. The van der Waals surface area contributed by atoms with E-state index in [4.69, 9.17) is 4.74 Å². The molecule has 21 heavy (non-hydrogen) atoms. The first-order valence-corrected chi connectivity index (χ1v) is 7.81. The Balaban J connectivity index is 2.72. The van der Waals surface area contributed by atoms with Gasteiger partial charge in [-0.15, -0.1) is 0 Å². The van der Waals surface area contributed by atoms with Crippen LogP contribution in [0, 0.1) is 11.8 Å². The molecule has 3 heteroatoms. The third-order valence-electron chi connectivity index (χ3n) is 3.81. The molecule has 1 rings (SSSR count). The lowest BCUT2D eigenvalue weighted by atomic mass is 9.88. The molecular weight excluding hydrogens is 262 g/mol. The molecule has 1 N–H and O–H groups in total. The van der Waals surface area contributed by atoms with Crippen LogP contribution in [0.3, 0.4) is 0 Å². The minimum absolute atomic E-state index is 0.167. The summed E-state index contributed by atoms with van der Waals surface area (Å²) in [7, 11) is 1.45. The van der Waals surface area contributed by atoms with Crippen LogP contribution in [0.5, 0.6) is 0 Å². The molecule has 0 aliphatic carbocycles. The Hall–Kier alpha value is -1.35. The SMILES string of the molecule is COC(=O)C(CC(C)C)NCC(c1ccccc1)C(C)C. The standard InChI is InChI=1S/C18H29NO2/c1-13(2)11-17(18(20)21-5)19-12-16(14(3)4)15-9-7-6-8-10-15/h6-10,13-14,16-17,19H,11-12H2,1-5H3. The van der Waals surface area contributed by atoms with Gasteiger partial charge in [0.25, 0.3) is 0 Å². The molecule has 0 fully saturated rings. The Kier molecular flexibility index (Phi) is 7.44. The van der Waals surface area contributed by atoms with E-state index >= 15 is 0 Å². The van der Waals surface area contributed by atoms with Gasteiger partial charge in [0.05, 0.1) is 7.11 Å². The Morgan fingerprint density at radius 2 is 1.76 bits per heavy atom. The van der Waals surface area contributed by atoms with Gasteiger partial charge < -0.3 is 10.1 Å². The maximum atomic E-state index is 11.9. The monoisotopic (exact) mass is 291 g/mol. The minimum Gasteiger partial charge on any atom is -0.468 e. The molecule has 2 unspecified atom stereocenters. The van der Waals surface area contributed by atoms with Crippen molar-refractivity contribution in [2.45, 2.75) is 46.1 Å². The normalized spacial score (nSPS) is 14.2. The fourth-order valence-electron chi connectivity index (χ4n) is 2.58. The van der Waals surface area contributed by atoms with Crippen molar-refractivity contribution < 1.29 is 9.53 Å². The number of nitrogens with one attached hydrogen (secondary N) is 1. The van der Waals surface area contributed by atoms with Crippen molar-refractivity contribution in [3.8, 4) is 0 Å². The highest BCUT2D eigenvalue weighted by Crippen LogP contribution is 2.23. The molecule has 0 bridgehead atoms. The number of rotatable bonds is 8. The van der Waals surface area contributed by atoms with Crippen molar-refractivity contribution in [2.75, 3.05) is 13.7 Å². The molecule has 1 aromatic rings. The Labute approximate surface area is 129 Å². The van der Waals surface area contributed by atoms with Crippen LogP contribution in [0.4, 0.5) is 0 Å². The summed E-state index contributed by atoms with van der Waals surface area (Å²) >= 11 is 0. The van der Waals surface area contributed by atoms with Crippen molar-refractivity contribution in [1.29, 1.82) is 0 Å². The van der Waals surface area contributed by atoms with E-state index in [-0.39, 0.29) is 12.0 Å². The van der Waals surface area contributed by atoms with Crippen LogP contribution < -0.4 is 5.32 Å². The number of ether oxygens (including phenoxy) is 1. The fraction of sp³-hybridized carbons (Fsp3) is 0.611. The van der Waals surface area contributed by atoms with Crippen molar-refractivity contribution in [3.63, 3.8) is 0 Å². The summed E-state index contributed by atoms with van der Waals surface area (Å²) < 4.78 is 4.91. The smallest absolute Gasteiger partial charge is 0.322 e. The van der Waals surface area contributed by atoms with Gasteiger partial charge in [-0.3, -0.25) is 4.79 Å². The van der Waals surface area contributed by atoms with Crippen molar-refractivity contribution in [1.82, 2.24) is 5.32 Å². The van der Waals surface area contributed by atoms with E-state index in [2.05, 4.69) is 57.3 Å². The number of esters is 1. The Bertz CT molecular complexity index is 414. The lowest BCUT2D eigenvalue weighted by Crippen LogP contribution is -2.41. The largest absolute Gasteiger partial charge is 0.468 e. The predicted octanol–water partition coefficient (Wildman–Crippen LogP) is 3.60. The number of hydrogen-bond donors (Lipinski definition) is 1. The maximum Gasteiger partial charge on any atom is 0.322 e. The first kappa shape index (κ1) is 17.7. The molecule has 3 nitrogen and oxygen atoms in total. The van der Waals surface area contributed by atoms with E-state index < -0.39 is 0 Å². The van der Waals surface area contributed by atoms with Gasteiger partial charge in [0.15, 0.2) is 0 Å². The summed E-state index contributed by atoms with van der Waals surface area (Å²) in [4.78, 5) is 11.9. The quantitative estimate of drug-likeness (QED) is 0.744. The molecule has 0 radical (unpaired) electrons. The third kappa shape index (κ3) is 5.88. The molecule has 0 saturated heterocycles. The van der Waals surface area contributed by atoms with Gasteiger partial charge in [-0.2, -0.15) is 0 Å². The number of hydrogen-bond acceptors (Lipinski definition) is 3. The molecule has 0 aliphatic heterocycles. The predicted molar refractivity (Wildman–Crippen MR) is 87.3 cm³/mol. The number of methoxy groups -OCH3 is 1. The lowest BCUT2D eigenvalue weighted by molar-refractivity contribution is -0.143. The average Bonchev–Trinajstić information content (AvgIpc) is 2.45. The van der Waals surface area contributed by atoms with Crippen LogP contribution in [0.15, 0.2) is 30.3 Å². The molecule has 0 aliphatic rings. The summed E-state index contributed by atoms with van der Waals surface area (Å²) in [5.74, 6) is 1.19. The van der Waals surface area contributed by atoms with E-state index in [0.29, 0.717) is 17.8 Å². The summed E-state index contributed by atoms with van der Waals surface area (Å²) in [5.41, 5.74) is 1.31. The molecule has 2 atom stereocenters. The molecule has 0 spiro atoms. The van der Waals surface area contributed by atoms with Crippen LogP contribution in [0.2, 0.25) is 0 Å². The van der Waals surface area contributed by atoms with Crippen molar-refractivity contribution >= 4 is 5.97 Å². The summed E-state index contributed by atoms with van der Waals surface area (Å²) in [5, 5.41) is 3.41. The van der Waals surface area contributed by atoms with Gasteiger partial charge in [0.1, 0.15) is 6.04 Å². The topological polar surface area (TPSA) is 38.3 Å². The molecule has 118 valence electrons. The van der Waals surface area contributed by atoms with E-state index in [0.717, 1.165) is 13.0 Å². The zero-order valence-corrected chi connectivity index (χ0v) is 13.9. The van der Waals surface area contributed by atoms with E-state index in [1.807, 2.05) is 6.07 Å². The third-order valence-corrected chi connectivity index (χ3v) is 3.81. The highest BCUT2D eigenvalue weighted by atomic mass is 16.5. The van der Waals surface area contributed by atoms with Crippen LogP contribution in [-0.2, 0) is 9.53 Å². The van der Waals surface area contributed by atoms with E-state index in [1.54, 1.807) is 0 Å². The van der Waals surface area contributed by atoms with Gasteiger partial charge in [-0.1, -0.05) is 58.0 Å². The minimum atomic E-state index is -0.222. The highest BCUT2D eigenvalue weighted by Gasteiger charge is 2.23. The number of benzene rings is 1. The maximum absolute atomic E-state index is 11.9. The molecule has 0 saturated carbocycles. The van der Waals surface area contributed by atoms with Crippen LogP contribution >= 0.6 is 0 Å². The second-order valence-electron chi connectivity index (χ2n) is 6.37. The molecule has 0 amide bonds. The van der Waals surface area contributed by atoms with Crippen molar-refractivity contribution in [2.24, 2.45) is 11.8 Å². The number of carbonyl (C=O) groups excluding carboxylic acids is 1. The zero-order chi connectivity index (χ0) is 15.8. The van der Waals surface area contributed by atoms with E-state index in [9.17, 15) is 4.79 Å². The first-order chi connectivity index (χ1) is 9.95. The Morgan fingerprint density at radius 3 is 2.24 bits per heavy atom. The average molecular weight is 291 g/mol. The molecule has 1 aromatic carbocycles. The molecule has 0 heterocycles. The van der Waals surface area contributed by atoms with Crippen LogP contribution in [-0.4, -0.2) is 25.7 Å². The second kappa shape index (κ2) is 8.83. The lowest BCUT2D eigenvalue weighted by Gasteiger charge is -2.25. The summed E-state index contributed by atoms with van der Waals surface area (Å²) in [6, 6.07) is 10.3. The number of carbonyl (C=O) groups is 1. The summed E-state index contributed by atoms with van der Waals surface area (Å²) in [6.45, 7) is 9.46.